The summed E-state index contributed by atoms with van der Waals surface area (Å²) in [5.41, 5.74) is 0.427. The van der Waals surface area contributed by atoms with Gasteiger partial charge in [0.1, 0.15) is 12.2 Å². The third-order valence-electron chi connectivity index (χ3n) is 2.81. The maximum Gasteiger partial charge on any atom is 0.434 e. The molecular weight excluding hydrogens is 296 g/mol. The number of nitrogens with zero attached hydrogens (tertiary/aromatic N) is 2. The molecule has 1 heterocycles. The van der Waals surface area contributed by atoms with E-state index in [-0.39, 0.29) is 12.3 Å². The number of rotatable bonds is 3. The average Bonchev–Trinajstić information content (AvgIpc) is 2.52. The van der Waals surface area contributed by atoms with E-state index in [0.29, 0.717) is 6.42 Å². The Morgan fingerprint density at radius 2 is 1.91 bits per heavy atom. The van der Waals surface area contributed by atoms with E-state index in [1.165, 1.54) is 6.20 Å². The van der Waals surface area contributed by atoms with Crippen LogP contribution in [0.1, 0.15) is 32.8 Å². The largest absolute Gasteiger partial charge is 0.455 e. The minimum Gasteiger partial charge on any atom is -0.455 e. The van der Waals surface area contributed by atoms with E-state index in [0.717, 1.165) is 10.6 Å². The number of ether oxygens (including phenoxy) is 2. The van der Waals surface area contributed by atoms with Crippen molar-refractivity contribution in [1.29, 1.82) is 0 Å². The summed E-state index contributed by atoms with van der Waals surface area (Å²) in [6.45, 7) is 5.46. The Balaban J connectivity index is 1.96. The summed E-state index contributed by atoms with van der Waals surface area (Å²) in [4.78, 5) is 24.0. The summed E-state index contributed by atoms with van der Waals surface area (Å²) in [5.74, 6) is -0.539. The van der Waals surface area contributed by atoms with E-state index in [2.05, 4.69) is 5.10 Å². The molecule has 1 aromatic carbocycles. The van der Waals surface area contributed by atoms with E-state index in [1.54, 1.807) is 26.8 Å². The Bertz CT molecular complexity index is 630. The number of hydrogen-bond donors (Lipinski definition) is 0. The van der Waals surface area contributed by atoms with Crippen LogP contribution in [-0.4, -0.2) is 28.4 Å². The Labute approximate surface area is 135 Å². The van der Waals surface area contributed by atoms with Crippen molar-refractivity contribution in [2.75, 3.05) is 0 Å². The summed E-state index contributed by atoms with van der Waals surface area (Å²) in [6, 6.07) is 9.32. The Hall–Kier alpha value is -2.63. The van der Waals surface area contributed by atoms with Gasteiger partial charge in [-0.3, -0.25) is 0 Å². The minimum atomic E-state index is -0.647. The highest BCUT2D eigenvalue weighted by atomic mass is 16.6. The molecule has 0 bridgehead atoms. The zero-order chi connectivity index (χ0) is 16.9. The maximum atomic E-state index is 12.0. The highest BCUT2D eigenvalue weighted by molar-refractivity contribution is 6.37. The normalized spacial score (nSPS) is 14.2. The van der Waals surface area contributed by atoms with Crippen LogP contribution in [-0.2, 0) is 20.9 Å². The van der Waals surface area contributed by atoms with Gasteiger partial charge >= 0.3 is 12.1 Å². The van der Waals surface area contributed by atoms with Crippen molar-refractivity contribution in [3.8, 4) is 0 Å². The first kappa shape index (κ1) is 16.7. The van der Waals surface area contributed by atoms with Crippen LogP contribution in [0, 0.1) is 0 Å². The van der Waals surface area contributed by atoms with Gasteiger partial charge in [-0.1, -0.05) is 36.4 Å². The van der Waals surface area contributed by atoms with Gasteiger partial charge in [-0.05, 0) is 26.3 Å². The third-order valence-corrected chi connectivity index (χ3v) is 2.81. The Morgan fingerprint density at radius 1 is 1.22 bits per heavy atom. The predicted molar refractivity (Wildman–Crippen MR) is 85.5 cm³/mol. The first-order valence-corrected chi connectivity index (χ1v) is 7.32. The lowest BCUT2D eigenvalue weighted by Crippen LogP contribution is -2.33. The van der Waals surface area contributed by atoms with Crippen LogP contribution < -0.4 is 0 Å². The first-order valence-electron chi connectivity index (χ1n) is 7.32. The second-order valence-corrected chi connectivity index (χ2v) is 6.02. The molecule has 1 aliphatic rings. The highest BCUT2D eigenvalue weighted by Gasteiger charge is 2.24. The van der Waals surface area contributed by atoms with Crippen molar-refractivity contribution in [1.82, 2.24) is 5.01 Å². The van der Waals surface area contributed by atoms with Crippen LogP contribution in [0.3, 0.4) is 0 Å². The molecule has 0 saturated heterocycles. The van der Waals surface area contributed by atoms with Crippen molar-refractivity contribution >= 4 is 17.8 Å². The molecule has 23 heavy (non-hydrogen) atoms. The number of hydrazone groups is 1. The lowest BCUT2D eigenvalue weighted by atomic mass is 10.2. The minimum absolute atomic E-state index is 0.140. The molecule has 0 saturated carbocycles. The quantitative estimate of drug-likeness (QED) is 0.803. The summed E-state index contributed by atoms with van der Waals surface area (Å²) in [5, 5.41) is 5.00. The van der Waals surface area contributed by atoms with Crippen molar-refractivity contribution in [2.45, 2.75) is 39.4 Å². The lowest BCUT2D eigenvalue weighted by Gasteiger charge is -2.22. The van der Waals surface area contributed by atoms with Gasteiger partial charge in [0, 0.05) is 12.6 Å². The van der Waals surface area contributed by atoms with Gasteiger partial charge in [-0.2, -0.15) is 10.1 Å². The molecule has 0 fully saturated rings. The highest BCUT2D eigenvalue weighted by Crippen LogP contribution is 2.13. The summed E-state index contributed by atoms with van der Waals surface area (Å²) in [7, 11) is 0. The molecule has 0 aliphatic carbocycles. The number of amides is 1. The number of benzene rings is 1. The van der Waals surface area contributed by atoms with Crippen LogP contribution in [0.15, 0.2) is 47.7 Å². The third kappa shape index (κ3) is 5.25. The topological polar surface area (TPSA) is 68.2 Å². The monoisotopic (exact) mass is 316 g/mol. The van der Waals surface area contributed by atoms with Gasteiger partial charge < -0.3 is 9.47 Å². The summed E-state index contributed by atoms with van der Waals surface area (Å²) >= 11 is 0. The van der Waals surface area contributed by atoms with Crippen molar-refractivity contribution in [3.05, 3.63) is 48.2 Å². The molecule has 1 aromatic rings. The van der Waals surface area contributed by atoms with Crippen LogP contribution in [0.2, 0.25) is 0 Å². The number of allylic oxidation sites excluding steroid dienone is 1. The Kier molecular flexibility index (Phi) is 5.16. The molecule has 6 heteroatoms. The lowest BCUT2D eigenvalue weighted by molar-refractivity contribution is -0.146. The molecule has 0 unspecified atom stereocenters. The zero-order valence-electron chi connectivity index (χ0n) is 13.5. The second-order valence-electron chi connectivity index (χ2n) is 6.02. The van der Waals surface area contributed by atoms with Gasteiger partial charge in [-0.25, -0.2) is 9.59 Å². The fourth-order valence-electron chi connectivity index (χ4n) is 1.82. The van der Waals surface area contributed by atoms with Crippen LogP contribution in [0.25, 0.3) is 0 Å². The molecule has 122 valence electrons. The molecular formula is C17H20N2O4. The standard InChI is InChI=1S/C17H20N2O4/c1-17(2,3)23-15(20)14-10-7-11-19(18-14)16(21)22-12-13-8-5-4-6-9-13/h4-9,11H,10,12H2,1-3H3. The number of hydrogen-bond acceptors (Lipinski definition) is 5. The second kappa shape index (κ2) is 7.09. The summed E-state index contributed by atoms with van der Waals surface area (Å²) in [6.07, 6.45) is 2.81. The number of esters is 1. The molecule has 0 spiro atoms. The van der Waals surface area contributed by atoms with Crippen molar-refractivity contribution in [2.24, 2.45) is 5.10 Å². The molecule has 0 aromatic heterocycles. The molecule has 0 atom stereocenters. The smallest absolute Gasteiger partial charge is 0.434 e. The molecule has 0 N–H and O–H groups in total. The number of carbonyl (C=O) groups excluding carboxylic acids is 2. The van der Waals surface area contributed by atoms with E-state index in [1.807, 2.05) is 30.3 Å². The average molecular weight is 316 g/mol. The SMILES string of the molecule is CC(C)(C)OC(=O)C1=NN(C(=O)OCc2ccccc2)C=CC1. The van der Waals surface area contributed by atoms with Gasteiger partial charge in [0.05, 0.1) is 0 Å². The van der Waals surface area contributed by atoms with Crippen LogP contribution in [0.4, 0.5) is 4.79 Å². The van der Waals surface area contributed by atoms with Gasteiger partial charge in [0.15, 0.2) is 5.71 Å². The van der Waals surface area contributed by atoms with Crippen LogP contribution >= 0.6 is 0 Å². The fraction of sp³-hybridized carbons (Fsp3) is 0.353. The Morgan fingerprint density at radius 3 is 2.57 bits per heavy atom. The molecule has 1 amide bonds. The summed E-state index contributed by atoms with van der Waals surface area (Å²) < 4.78 is 10.4. The van der Waals surface area contributed by atoms with E-state index < -0.39 is 17.7 Å². The molecule has 2 rings (SSSR count). The maximum absolute atomic E-state index is 12.0. The fourth-order valence-corrected chi connectivity index (χ4v) is 1.82. The molecule has 1 aliphatic heterocycles. The van der Waals surface area contributed by atoms with Crippen molar-refractivity contribution in [3.63, 3.8) is 0 Å². The first-order chi connectivity index (χ1) is 10.8. The van der Waals surface area contributed by atoms with Crippen molar-refractivity contribution < 1.29 is 19.1 Å². The molecule has 0 radical (unpaired) electrons. The zero-order valence-corrected chi connectivity index (χ0v) is 13.5. The van der Waals surface area contributed by atoms with E-state index >= 15 is 0 Å². The van der Waals surface area contributed by atoms with Gasteiger partial charge in [-0.15, -0.1) is 0 Å². The molecule has 6 nitrogen and oxygen atoms in total. The predicted octanol–water partition coefficient (Wildman–Crippen LogP) is 3.24. The van der Waals surface area contributed by atoms with Crippen LogP contribution in [0.5, 0.6) is 0 Å². The number of carbonyl (C=O) groups is 2. The van der Waals surface area contributed by atoms with Gasteiger partial charge in [0.2, 0.25) is 0 Å². The van der Waals surface area contributed by atoms with E-state index in [9.17, 15) is 9.59 Å². The van der Waals surface area contributed by atoms with Gasteiger partial charge in [0.25, 0.3) is 0 Å². The van der Waals surface area contributed by atoms with E-state index in [4.69, 9.17) is 9.47 Å².